The van der Waals surface area contributed by atoms with E-state index in [2.05, 4.69) is 40.8 Å². The summed E-state index contributed by atoms with van der Waals surface area (Å²) < 4.78 is 6.85. The smallest absolute Gasteiger partial charge is 0.123 e. The highest BCUT2D eigenvalue weighted by atomic mass is 79.9. The minimum absolute atomic E-state index is 0.768. The van der Waals surface area contributed by atoms with Crippen LogP contribution in [0.3, 0.4) is 0 Å². The van der Waals surface area contributed by atoms with Gasteiger partial charge in [-0.3, -0.25) is 0 Å². The molecule has 1 N–H and O–H groups in total. The van der Waals surface area contributed by atoms with Gasteiger partial charge in [0.2, 0.25) is 0 Å². The van der Waals surface area contributed by atoms with Gasteiger partial charge in [0.05, 0.1) is 6.61 Å². The van der Waals surface area contributed by atoms with Gasteiger partial charge in [-0.25, -0.2) is 0 Å². The Morgan fingerprint density at radius 2 is 2.32 bits per heavy atom. The Morgan fingerprint density at radius 1 is 1.47 bits per heavy atom. The first-order valence-corrected chi connectivity index (χ1v) is 8.53. The second-order valence-corrected chi connectivity index (χ2v) is 6.21. The largest absolute Gasteiger partial charge is 0.493 e. The first kappa shape index (κ1) is 16.6. The van der Waals surface area contributed by atoms with Crippen LogP contribution in [0.1, 0.15) is 18.9 Å². The molecule has 1 aromatic rings. The average molecular weight is 344 g/mol. The topological polar surface area (TPSA) is 21.3 Å². The summed E-state index contributed by atoms with van der Waals surface area (Å²) in [5.41, 5.74) is 1.21. The zero-order chi connectivity index (χ0) is 13.9. The average Bonchev–Trinajstić information content (AvgIpc) is 2.42. The van der Waals surface area contributed by atoms with E-state index in [0.717, 1.165) is 47.8 Å². The third-order valence-electron chi connectivity index (χ3n) is 2.46. The minimum Gasteiger partial charge on any atom is -0.493 e. The van der Waals surface area contributed by atoms with Crippen molar-refractivity contribution < 1.29 is 4.74 Å². The number of halogens is 1. The standard InChI is InChI=1S/C15H22BrNOS/c1-3-8-18-15-6-5-14(16)11-13(15)12-17-7-10-19-9-4-2/h4-6,11,17H,2-3,7-10,12H2,1H3. The monoisotopic (exact) mass is 343 g/mol. The Morgan fingerprint density at radius 3 is 3.05 bits per heavy atom. The number of thioether (sulfide) groups is 1. The van der Waals surface area contributed by atoms with E-state index in [9.17, 15) is 0 Å². The van der Waals surface area contributed by atoms with Gasteiger partial charge in [0.15, 0.2) is 0 Å². The fourth-order valence-corrected chi connectivity index (χ4v) is 2.60. The zero-order valence-corrected chi connectivity index (χ0v) is 13.9. The Labute approximate surface area is 129 Å². The van der Waals surface area contributed by atoms with Gasteiger partial charge in [0.1, 0.15) is 5.75 Å². The van der Waals surface area contributed by atoms with E-state index >= 15 is 0 Å². The Hall–Kier alpha value is -0.450. The number of hydrogen-bond donors (Lipinski definition) is 1. The van der Waals surface area contributed by atoms with E-state index in [-0.39, 0.29) is 0 Å². The SMILES string of the molecule is C=CCSCCNCc1cc(Br)ccc1OCCC. The van der Waals surface area contributed by atoms with Gasteiger partial charge in [0.25, 0.3) is 0 Å². The van der Waals surface area contributed by atoms with E-state index in [1.165, 1.54) is 5.56 Å². The molecule has 4 heteroatoms. The second-order valence-electron chi connectivity index (χ2n) is 4.14. The van der Waals surface area contributed by atoms with Crippen LogP contribution in [-0.2, 0) is 6.54 Å². The molecule has 0 amide bonds. The molecule has 19 heavy (non-hydrogen) atoms. The predicted octanol–water partition coefficient (Wildman–Crippen LogP) is 4.25. The van der Waals surface area contributed by atoms with E-state index in [4.69, 9.17) is 4.74 Å². The quantitative estimate of drug-likeness (QED) is 0.507. The summed E-state index contributed by atoms with van der Waals surface area (Å²) in [4.78, 5) is 0. The molecule has 0 radical (unpaired) electrons. The summed E-state index contributed by atoms with van der Waals surface area (Å²) in [6, 6.07) is 6.17. The molecule has 0 aromatic heterocycles. The third kappa shape index (κ3) is 7.04. The second kappa shape index (κ2) is 10.4. The molecule has 106 valence electrons. The molecule has 1 aromatic carbocycles. The van der Waals surface area contributed by atoms with Crippen molar-refractivity contribution in [1.82, 2.24) is 5.32 Å². The van der Waals surface area contributed by atoms with Crippen molar-refractivity contribution in [2.45, 2.75) is 19.9 Å². The van der Waals surface area contributed by atoms with Crippen molar-refractivity contribution in [1.29, 1.82) is 0 Å². The first-order valence-electron chi connectivity index (χ1n) is 6.58. The molecule has 0 bridgehead atoms. The van der Waals surface area contributed by atoms with Crippen LogP contribution in [0.5, 0.6) is 5.75 Å². The van der Waals surface area contributed by atoms with Crippen LogP contribution in [0.15, 0.2) is 35.3 Å². The molecule has 0 heterocycles. The summed E-state index contributed by atoms with van der Waals surface area (Å²) >= 11 is 5.40. The summed E-state index contributed by atoms with van der Waals surface area (Å²) in [5.74, 6) is 3.10. The third-order valence-corrected chi connectivity index (χ3v) is 3.92. The molecule has 0 saturated heterocycles. The Balaban J connectivity index is 2.41. The number of hydrogen-bond acceptors (Lipinski definition) is 3. The zero-order valence-electron chi connectivity index (χ0n) is 11.5. The lowest BCUT2D eigenvalue weighted by Crippen LogP contribution is -2.17. The molecule has 0 spiro atoms. The van der Waals surface area contributed by atoms with Crippen molar-refractivity contribution in [2.24, 2.45) is 0 Å². The first-order chi connectivity index (χ1) is 9.27. The molecule has 0 aliphatic heterocycles. The van der Waals surface area contributed by atoms with E-state index in [0.29, 0.717) is 0 Å². The minimum atomic E-state index is 0.768. The Bertz CT molecular complexity index is 384. The number of ether oxygens (including phenoxy) is 1. The highest BCUT2D eigenvalue weighted by Crippen LogP contribution is 2.23. The molecule has 2 nitrogen and oxygen atoms in total. The maximum Gasteiger partial charge on any atom is 0.123 e. The highest BCUT2D eigenvalue weighted by molar-refractivity contribution is 9.10. The number of benzene rings is 1. The fourth-order valence-electron chi connectivity index (χ4n) is 1.57. The molecule has 0 aliphatic carbocycles. The van der Waals surface area contributed by atoms with Crippen LogP contribution >= 0.6 is 27.7 Å². The van der Waals surface area contributed by atoms with Crippen molar-refractivity contribution in [2.75, 3.05) is 24.7 Å². The molecule has 0 unspecified atom stereocenters. The number of nitrogens with one attached hydrogen (secondary N) is 1. The van der Waals surface area contributed by atoms with Gasteiger partial charge in [-0.2, -0.15) is 11.8 Å². The van der Waals surface area contributed by atoms with Crippen LogP contribution in [0.2, 0.25) is 0 Å². The van der Waals surface area contributed by atoms with Crippen LogP contribution in [0.25, 0.3) is 0 Å². The Kier molecular flexibility index (Phi) is 9.05. The molecule has 0 aliphatic rings. The molecule has 0 saturated carbocycles. The summed E-state index contributed by atoms with van der Waals surface area (Å²) in [6.07, 6.45) is 2.97. The van der Waals surface area contributed by atoms with E-state index < -0.39 is 0 Å². The van der Waals surface area contributed by atoms with Crippen molar-refractivity contribution in [3.8, 4) is 5.75 Å². The lowest BCUT2D eigenvalue weighted by Gasteiger charge is -2.12. The van der Waals surface area contributed by atoms with E-state index in [1.54, 1.807) is 0 Å². The van der Waals surface area contributed by atoms with Gasteiger partial charge in [-0.1, -0.05) is 28.9 Å². The van der Waals surface area contributed by atoms with Gasteiger partial charge < -0.3 is 10.1 Å². The van der Waals surface area contributed by atoms with Gasteiger partial charge in [-0.05, 0) is 24.6 Å². The van der Waals surface area contributed by atoms with Gasteiger partial charge in [0, 0.05) is 34.6 Å². The van der Waals surface area contributed by atoms with Gasteiger partial charge in [-0.15, -0.1) is 6.58 Å². The molecule has 0 atom stereocenters. The maximum atomic E-state index is 5.76. The van der Waals surface area contributed by atoms with Crippen LogP contribution in [-0.4, -0.2) is 24.7 Å². The van der Waals surface area contributed by atoms with E-state index in [1.807, 2.05) is 30.0 Å². The molecular weight excluding hydrogens is 322 g/mol. The number of rotatable bonds is 10. The van der Waals surface area contributed by atoms with Crippen molar-refractivity contribution >= 4 is 27.7 Å². The fraction of sp³-hybridized carbons (Fsp3) is 0.467. The van der Waals surface area contributed by atoms with Crippen LogP contribution in [0.4, 0.5) is 0 Å². The predicted molar refractivity (Wildman–Crippen MR) is 89.2 cm³/mol. The molecule has 1 rings (SSSR count). The van der Waals surface area contributed by atoms with Gasteiger partial charge >= 0.3 is 0 Å². The van der Waals surface area contributed by atoms with Crippen LogP contribution < -0.4 is 10.1 Å². The summed E-state index contributed by atoms with van der Waals surface area (Å²) in [7, 11) is 0. The highest BCUT2D eigenvalue weighted by Gasteiger charge is 2.04. The normalized spacial score (nSPS) is 10.4. The lowest BCUT2D eigenvalue weighted by atomic mass is 10.2. The summed E-state index contributed by atoms with van der Waals surface area (Å²) in [5, 5.41) is 3.45. The molecular formula is C15H22BrNOS. The molecule has 0 fully saturated rings. The lowest BCUT2D eigenvalue weighted by molar-refractivity contribution is 0.313. The van der Waals surface area contributed by atoms with Crippen molar-refractivity contribution in [3.05, 3.63) is 40.9 Å². The summed E-state index contributed by atoms with van der Waals surface area (Å²) in [6.45, 7) is 8.44. The maximum absolute atomic E-state index is 5.76. The van der Waals surface area contributed by atoms with Crippen molar-refractivity contribution in [3.63, 3.8) is 0 Å². The van der Waals surface area contributed by atoms with Crippen LogP contribution in [0, 0.1) is 0 Å².